The summed E-state index contributed by atoms with van der Waals surface area (Å²) in [5.74, 6) is 0.230. The number of rotatable bonds is 5. The number of nitrogens with zero attached hydrogens (tertiary/aromatic N) is 1. The highest BCUT2D eigenvalue weighted by Crippen LogP contribution is 2.25. The number of carbonyl (C=O) groups excluding carboxylic acids is 1. The molecule has 144 valence electrons. The van der Waals surface area contributed by atoms with E-state index in [2.05, 4.69) is 10.6 Å². The topological polar surface area (TPSA) is 78.5 Å². The second-order valence-electron chi connectivity index (χ2n) is 7.41. The van der Waals surface area contributed by atoms with Gasteiger partial charge >= 0.3 is 0 Å². The van der Waals surface area contributed by atoms with Crippen molar-refractivity contribution in [3.05, 3.63) is 29.8 Å². The lowest BCUT2D eigenvalue weighted by Crippen LogP contribution is -2.42. The Balaban J connectivity index is 1.69. The first-order valence-electron chi connectivity index (χ1n) is 9.59. The molecule has 0 spiro atoms. The first kappa shape index (κ1) is 19.3. The van der Waals surface area contributed by atoms with Gasteiger partial charge in [0.25, 0.3) is 5.91 Å². The van der Waals surface area contributed by atoms with E-state index >= 15 is 0 Å². The molecule has 26 heavy (non-hydrogen) atoms. The van der Waals surface area contributed by atoms with Crippen LogP contribution in [0.15, 0.2) is 29.2 Å². The van der Waals surface area contributed by atoms with Crippen LogP contribution in [0.5, 0.6) is 0 Å². The van der Waals surface area contributed by atoms with Gasteiger partial charge in [-0.1, -0.05) is 12.5 Å². The van der Waals surface area contributed by atoms with Crippen LogP contribution in [0.3, 0.4) is 0 Å². The van der Waals surface area contributed by atoms with Crippen molar-refractivity contribution < 1.29 is 13.2 Å². The summed E-state index contributed by atoms with van der Waals surface area (Å²) in [4.78, 5) is 12.7. The second kappa shape index (κ2) is 8.50. The molecule has 2 heterocycles. The summed E-state index contributed by atoms with van der Waals surface area (Å²) in [6, 6.07) is 6.42. The lowest BCUT2D eigenvalue weighted by molar-refractivity contribution is 0.0944. The zero-order chi connectivity index (χ0) is 18.6. The molecule has 2 fully saturated rings. The van der Waals surface area contributed by atoms with Crippen molar-refractivity contribution >= 4 is 15.9 Å². The number of carbonyl (C=O) groups is 1. The van der Waals surface area contributed by atoms with E-state index in [-0.39, 0.29) is 16.8 Å². The molecule has 1 amide bonds. The maximum Gasteiger partial charge on any atom is 0.251 e. The molecule has 0 bridgehead atoms. The summed E-state index contributed by atoms with van der Waals surface area (Å²) in [6.07, 6.45) is 5.07. The monoisotopic (exact) mass is 379 g/mol. The molecule has 2 saturated heterocycles. The average molecular weight is 380 g/mol. The highest BCUT2D eigenvalue weighted by molar-refractivity contribution is 7.89. The highest BCUT2D eigenvalue weighted by atomic mass is 32.2. The molecule has 2 N–H and O–H groups in total. The van der Waals surface area contributed by atoms with Gasteiger partial charge in [0.1, 0.15) is 0 Å². The Bertz CT molecular complexity index is 729. The molecule has 2 atom stereocenters. The minimum atomic E-state index is -3.56. The Labute approximate surface area is 156 Å². The molecular weight excluding hydrogens is 350 g/mol. The predicted octanol–water partition coefficient (Wildman–Crippen LogP) is 1.98. The van der Waals surface area contributed by atoms with Gasteiger partial charge < -0.3 is 10.6 Å². The largest absolute Gasteiger partial charge is 0.352 e. The molecular formula is C19H29N3O3S. The van der Waals surface area contributed by atoms with Crippen LogP contribution in [-0.4, -0.2) is 50.9 Å². The number of sulfonamides is 1. The second-order valence-corrected chi connectivity index (χ2v) is 9.30. The molecule has 0 aromatic heterocycles. The summed E-state index contributed by atoms with van der Waals surface area (Å²) in [7, 11) is -3.56. The van der Waals surface area contributed by atoms with Crippen molar-refractivity contribution in [2.24, 2.45) is 5.92 Å². The Kier molecular flexibility index (Phi) is 6.32. The smallest absolute Gasteiger partial charge is 0.251 e. The Hall–Kier alpha value is -1.44. The Morgan fingerprint density at radius 1 is 1.27 bits per heavy atom. The minimum Gasteiger partial charge on any atom is -0.352 e. The van der Waals surface area contributed by atoms with Crippen molar-refractivity contribution in [2.75, 3.05) is 26.2 Å². The summed E-state index contributed by atoms with van der Waals surface area (Å²) < 4.78 is 27.5. The summed E-state index contributed by atoms with van der Waals surface area (Å²) in [5, 5.41) is 6.28. The van der Waals surface area contributed by atoms with E-state index in [1.165, 1.54) is 6.07 Å². The number of benzene rings is 1. The van der Waals surface area contributed by atoms with Crippen LogP contribution in [0, 0.1) is 5.92 Å². The van der Waals surface area contributed by atoms with Gasteiger partial charge in [-0.2, -0.15) is 4.31 Å². The number of nitrogens with one attached hydrogen (secondary N) is 2. The number of hydrogen-bond donors (Lipinski definition) is 2. The fourth-order valence-corrected chi connectivity index (χ4v) is 5.55. The van der Waals surface area contributed by atoms with E-state index < -0.39 is 10.0 Å². The van der Waals surface area contributed by atoms with Gasteiger partial charge in [-0.15, -0.1) is 0 Å². The molecule has 2 unspecified atom stereocenters. The van der Waals surface area contributed by atoms with E-state index in [1.54, 1.807) is 22.5 Å². The minimum absolute atomic E-state index is 0.00466. The van der Waals surface area contributed by atoms with E-state index in [4.69, 9.17) is 0 Å². The summed E-state index contributed by atoms with van der Waals surface area (Å²) in [5.41, 5.74) is 0.402. The van der Waals surface area contributed by atoms with Crippen molar-refractivity contribution in [3.8, 4) is 0 Å². The van der Waals surface area contributed by atoms with Crippen molar-refractivity contribution in [2.45, 2.75) is 50.0 Å². The van der Waals surface area contributed by atoms with Crippen LogP contribution in [-0.2, 0) is 10.0 Å². The van der Waals surface area contributed by atoms with Gasteiger partial charge in [-0.05, 0) is 69.8 Å². The zero-order valence-electron chi connectivity index (χ0n) is 15.4. The van der Waals surface area contributed by atoms with Crippen LogP contribution in [0.2, 0.25) is 0 Å². The van der Waals surface area contributed by atoms with Gasteiger partial charge in [-0.25, -0.2) is 8.42 Å². The SMILES string of the molecule is CC1CCCCN1S(=O)(=O)c1cccc(C(=O)NCC2CCCNC2)c1. The molecule has 0 radical (unpaired) electrons. The van der Waals surface area contributed by atoms with E-state index in [0.717, 1.165) is 45.2 Å². The number of piperidine rings is 2. The van der Waals surface area contributed by atoms with Gasteiger partial charge in [0.05, 0.1) is 4.90 Å². The van der Waals surface area contributed by atoms with Crippen LogP contribution < -0.4 is 10.6 Å². The van der Waals surface area contributed by atoms with E-state index in [1.807, 2.05) is 6.92 Å². The molecule has 0 saturated carbocycles. The van der Waals surface area contributed by atoms with E-state index in [0.29, 0.717) is 24.6 Å². The van der Waals surface area contributed by atoms with E-state index in [9.17, 15) is 13.2 Å². The Morgan fingerprint density at radius 2 is 2.12 bits per heavy atom. The molecule has 3 rings (SSSR count). The van der Waals surface area contributed by atoms with Gasteiger partial charge in [-0.3, -0.25) is 4.79 Å². The van der Waals surface area contributed by atoms with Crippen LogP contribution in [0.25, 0.3) is 0 Å². The summed E-state index contributed by atoms with van der Waals surface area (Å²) >= 11 is 0. The maximum atomic E-state index is 13.0. The third-order valence-electron chi connectivity index (χ3n) is 5.40. The molecule has 2 aliphatic rings. The van der Waals surface area contributed by atoms with Crippen LogP contribution >= 0.6 is 0 Å². The lowest BCUT2D eigenvalue weighted by Gasteiger charge is -2.32. The zero-order valence-corrected chi connectivity index (χ0v) is 16.2. The lowest BCUT2D eigenvalue weighted by atomic mass is 10.00. The molecule has 1 aromatic rings. The first-order chi connectivity index (χ1) is 12.5. The quantitative estimate of drug-likeness (QED) is 0.820. The molecule has 0 aliphatic carbocycles. The van der Waals surface area contributed by atoms with Crippen molar-refractivity contribution in [1.29, 1.82) is 0 Å². The fourth-order valence-electron chi connectivity index (χ4n) is 3.80. The highest BCUT2D eigenvalue weighted by Gasteiger charge is 2.31. The van der Waals surface area contributed by atoms with Gasteiger partial charge in [0, 0.05) is 24.7 Å². The van der Waals surface area contributed by atoms with Crippen LogP contribution in [0.1, 0.15) is 49.4 Å². The Morgan fingerprint density at radius 3 is 2.85 bits per heavy atom. The van der Waals surface area contributed by atoms with Gasteiger partial charge in [0.2, 0.25) is 10.0 Å². The fraction of sp³-hybridized carbons (Fsp3) is 0.632. The molecule has 7 heteroatoms. The third kappa shape index (κ3) is 4.45. The maximum absolute atomic E-state index is 13.0. The predicted molar refractivity (Wildman–Crippen MR) is 102 cm³/mol. The first-order valence-corrected chi connectivity index (χ1v) is 11.0. The van der Waals surface area contributed by atoms with Crippen LogP contribution in [0.4, 0.5) is 0 Å². The standard InChI is InChI=1S/C19H29N3O3S/c1-15-6-2-3-11-22(15)26(24,25)18-9-4-8-17(12-18)19(23)21-14-16-7-5-10-20-13-16/h4,8-9,12,15-16,20H,2-3,5-7,10-11,13-14H2,1H3,(H,21,23). The normalized spacial score (nSPS) is 25.0. The summed E-state index contributed by atoms with van der Waals surface area (Å²) in [6.45, 7) is 5.08. The number of hydrogen-bond acceptors (Lipinski definition) is 4. The molecule has 2 aliphatic heterocycles. The molecule has 6 nitrogen and oxygen atoms in total. The number of amides is 1. The molecule has 1 aromatic carbocycles. The van der Waals surface area contributed by atoms with Gasteiger partial charge in [0.15, 0.2) is 0 Å². The third-order valence-corrected chi connectivity index (χ3v) is 7.40. The average Bonchev–Trinajstić information content (AvgIpc) is 2.67. The van der Waals surface area contributed by atoms with Crippen molar-refractivity contribution in [1.82, 2.24) is 14.9 Å². The van der Waals surface area contributed by atoms with Crippen molar-refractivity contribution in [3.63, 3.8) is 0 Å².